The van der Waals surface area contributed by atoms with Crippen molar-refractivity contribution < 1.29 is 9.53 Å². The molecule has 0 aliphatic heterocycles. The number of carbonyl (C=O) groups is 1. The molecule has 1 N–H and O–H groups in total. The van der Waals surface area contributed by atoms with E-state index in [-0.39, 0.29) is 10.7 Å². The second-order valence-electron chi connectivity index (χ2n) is 4.00. The van der Waals surface area contributed by atoms with Crippen LogP contribution in [0.1, 0.15) is 12.0 Å². The molecule has 18 heavy (non-hydrogen) atoms. The maximum Gasteiger partial charge on any atom is 0.224 e. The van der Waals surface area contributed by atoms with E-state index in [1.54, 1.807) is 7.11 Å². The highest BCUT2D eigenvalue weighted by atomic mass is 79.9. The van der Waals surface area contributed by atoms with Gasteiger partial charge in [0.05, 0.1) is 13.0 Å². The van der Waals surface area contributed by atoms with Crippen molar-refractivity contribution in [2.45, 2.75) is 17.7 Å². The first-order valence-electron chi connectivity index (χ1n) is 5.76. The van der Waals surface area contributed by atoms with Gasteiger partial charge < -0.3 is 10.1 Å². The number of hydrogen-bond donors (Lipinski definition) is 1. The molecule has 0 radical (unpaired) electrons. The fourth-order valence-electron chi connectivity index (χ4n) is 1.53. The number of amides is 1. The Kier molecular flexibility index (Phi) is 7.54. The third-order valence-corrected chi connectivity index (χ3v) is 3.60. The van der Waals surface area contributed by atoms with Crippen molar-refractivity contribution in [3.8, 4) is 0 Å². The average molecular weight is 379 g/mol. The standard InChI is InChI=1S/C13H17Br2NO2/c1-18-9-12(15)5-6-16-13(17)8-10-3-2-4-11(14)7-10/h2-4,7,12H,5-6,8-9H2,1H3,(H,16,17). The number of methoxy groups -OCH3 is 1. The van der Waals surface area contributed by atoms with Crippen molar-refractivity contribution >= 4 is 37.8 Å². The molecular weight excluding hydrogens is 362 g/mol. The Labute approximate surface area is 125 Å². The Balaban J connectivity index is 2.25. The molecule has 1 unspecified atom stereocenters. The molecule has 1 aromatic carbocycles. The minimum Gasteiger partial charge on any atom is -0.384 e. The summed E-state index contributed by atoms with van der Waals surface area (Å²) in [6.07, 6.45) is 1.27. The molecule has 0 aliphatic carbocycles. The zero-order valence-corrected chi connectivity index (χ0v) is 13.5. The van der Waals surface area contributed by atoms with Gasteiger partial charge in [0.2, 0.25) is 5.91 Å². The Morgan fingerprint density at radius 3 is 2.94 bits per heavy atom. The van der Waals surface area contributed by atoms with E-state index in [0.717, 1.165) is 16.5 Å². The molecule has 0 saturated carbocycles. The van der Waals surface area contributed by atoms with Crippen molar-refractivity contribution in [1.29, 1.82) is 0 Å². The van der Waals surface area contributed by atoms with E-state index in [4.69, 9.17) is 4.74 Å². The van der Waals surface area contributed by atoms with Crippen LogP contribution in [0.2, 0.25) is 0 Å². The first-order valence-corrected chi connectivity index (χ1v) is 7.47. The van der Waals surface area contributed by atoms with Crippen LogP contribution < -0.4 is 5.32 Å². The van der Waals surface area contributed by atoms with Gasteiger partial charge in [-0.1, -0.05) is 44.0 Å². The van der Waals surface area contributed by atoms with Crippen LogP contribution in [-0.4, -0.2) is 31.0 Å². The summed E-state index contributed by atoms with van der Waals surface area (Å²) in [6.45, 7) is 1.31. The van der Waals surface area contributed by atoms with Gasteiger partial charge in [-0.25, -0.2) is 0 Å². The lowest BCUT2D eigenvalue weighted by Crippen LogP contribution is -2.28. The highest BCUT2D eigenvalue weighted by molar-refractivity contribution is 9.10. The van der Waals surface area contributed by atoms with Gasteiger partial charge in [-0.15, -0.1) is 0 Å². The van der Waals surface area contributed by atoms with Crippen molar-refractivity contribution in [2.75, 3.05) is 20.3 Å². The Morgan fingerprint density at radius 1 is 1.50 bits per heavy atom. The predicted octanol–water partition coefficient (Wildman–Crippen LogP) is 2.91. The molecule has 0 heterocycles. The van der Waals surface area contributed by atoms with Crippen molar-refractivity contribution in [3.63, 3.8) is 0 Å². The summed E-state index contributed by atoms with van der Waals surface area (Å²) in [7, 11) is 1.67. The minimum absolute atomic E-state index is 0.0465. The van der Waals surface area contributed by atoms with E-state index in [9.17, 15) is 4.79 Å². The Bertz CT molecular complexity index is 385. The van der Waals surface area contributed by atoms with E-state index >= 15 is 0 Å². The summed E-state index contributed by atoms with van der Waals surface area (Å²) >= 11 is 6.87. The molecule has 5 heteroatoms. The topological polar surface area (TPSA) is 38.3 Å². The summed E-state index contributed by atoms with van der Waals surface area (Å²) in [6, 6.07) is 7.78. The van der Waals surface area contributed by atoms with Gasteiger partial charge in [0.1, 0.15) is 0 Å². The first-order chi connectivity index (χ1) is 8.61. The molecule has 1 aromatic rings. The molecule has 1 rings (SSSR count). The molecule has 0 fully saturated rings. The lowest BCUT2D eigenvalue weighted by Gasteiger charge is -2.09. The fraction of sp³-hybridized carbons (Fsp3) is 0.462. The molecule has 100 valence electrons. The van der Waals surface area contributed by atoms with E-state index in [0.29, 0.717) is 19.6 Å². The second kappa shape index (κ2) is 8.67. The number of nitrogens with one attached hydrogen (secondary N) is 1. The van der Waals surface area contributed by atoms with Gasteiger partial charge in [0, 0.05) is 23.0 Å². The number of carbonyl (C=O) groups excluding carboxylic acids is 1. The number of halogens is 2. The quantitative estimate of drug-likeness (QED) is 0.741. The summed E-state index contributed by atoms with van der Waals surface area (Å²) in [5.74, 6) is 0.0465. The van der Waals surface area contributed by atoms with Gasteiger partial charge in [-0.05, 0) is 24.1 Å². The maximum absolute atomic E-state index is 11.7. The summed E-state index contributed by atoms with van der Waals surface area (Å²) in [5, 5.41) is 2.90. The molecule has 0 saturated heterocycles. The lowest BCUT2D eigenvalue weighted by molar-refractivity contribution is -0.120. The molecular formula is C13H17Br2NO2. The van der Waals surface area contributed by atoms with E-state index in [1.165, 1.54) is 0 Å². The number of ether oxygens (including phenoxy) is 1. The van der Waals surface area contributed by atoms with Crippen molar-refractivity contribution in [3.05, 3.63) is 34.3 Å². The summed E-state index contributed by atoms with van der Waals surface area (Å²) in [5.41, 5.74) is 1.01. The van der Waals surface area contributed by atoms with Gasteiger partial charge in [0.15, 0.2) is 0 Å². The number of alkyl halides is 1. The van der Waals surface area contributed by atoms with Crippen LogP contribution in [0.15, 0.2) is 28.7 Å². The van der Waals surface area contributed by atoms with E-state index < -0.39 is 0 Å². The summed E-state index contributed by atoms with van der Waals surface area (Å²) < 4.78 is 6.00. The average Bonchev–Trinajstić information content (AvgIpc) is 2.29. The number of hydrogen-bond acceptors (Lipinski definition) is 2. The molecule has 3 nitrogen and oxygen atoms in total. The van der Waals surface area contributed by atoms with Crippen LogP contribution in [0.3, 0.4) is 0 Å². The largest absolute Gasteiger partial charge is 0.384 e. The maximum atomic E-state index is 11.7. The fourth-order valence-corrected chi connectivity index (χ4v) is 2.47. The van der Waals surface area contributed by atoms with Crippen molar-refractivity contribution in [1.82, 2.24) is 5.32 Å². The minimum atomic E-state index is 0.0465. The van der Waals surface area contributed by atoms with Crippen LogP contribution in [0.4, 0.5) is 0 Å². The molecule has 1 amide bonds. The normalized spacial score (nSPS) is 12.2. The van der Waals surface area contributed by atoms with Crippen LogP contribution in [-0.2, 0) is 16.0 Å². The van der Waals surface area contributed by atoms with Crippen molar-refractivity contribution in [2.24, 2.45) is 0 Å². The first kappa shape index (κ1) is 15.7. The monoisotopic (exact) mass is 377 g/mol. The SMILES string of the molecule is COCC(Br)CCNC(=O)Cc1cccc(Br)c1. The molecule has 0 aliphatic rings. The van der Waals surface area contributed by atoms with Gasteiger partial charge in [0.25, 0.3) is 0 Å². The predicted molar refractivity (Wildman–Crippen MR) is 80.1 cm³/mol. The lowest BCUT2D eigenvalue weighted by atomic mass is 10.1. The molecule has 0 spiro atoms. The van der Waals surface area contributed by atoms with Gasteiger partial charge in [-0.2, -0.15) is 0 Å². The van der Waals surface area contributed by atoms with Gasteiger partial charge >= 0.3 is 0 Å². The van der Waals surface area contributed by atoms with E-state index in [2.05, 4.69) is 37.2 Å². The second-order valence-corrected chi connectivity index (χ2v) is 6.21. The highest BCUT2D eigenvalue weighted by Crippen LogP contribution is 2.12. The highest BCUT2D eigenvalue weighted by Gasteiger charge is 2.06. The third-order valence-electron chi connectivity index (χ3n) is 2.38. The summed E-state index contributed by atoms with van der Waals surface area (Å²) in [4.78, 5) is 12.0. The van der Waals surface area contributed by atoms with Crippen LogP contribution in [0, 0.1) is 0 Å². The number of rotatable bonds is 7. The Morgan fingerprint density at radius 2 is 2.28 bits per heavy atom. The van der Waals surface area contributed by atoms with Gasteiger partial charge in [-0.3, -0.25) is 4.79 Å². The third kappa shape index (κ3) is 6.52. The zero-order valence-electron chi connectivity index (χ0n) is 10.3. The van der Waals surface area contributed by atoms with E-state index in [1.807, 2.05) is 24.3 Å². The van der Waals surface area contributed by atoms with Crippen LogP contribution >= 0.6 is 31.9 Å². The molecule has 1 atom stereocenters. The Hall–Kier alpha value is -0.390. The van der Waals surface area contributed by atoms with Crippen LogP contribution in [0.5, 0.6) is 0 Å². The molecule has 0 aromatic heterocycles. The van der Waals surface area contributed by atoms with Crippen LogP contribution in [0.25, 0.3) is 0 Å². The zero-order chi connectivity index (χ0) is 13.4. The molecule has 0 bridgehead atoms. The number of benzene rings is 1. The smallest absolute Gasteiger partial charge is 0.224 e.